The lowest BCUT2D eigenvalue weighted by atomic mass is 9.94. The summed E-state index contributed by atoms with van der Waals surface area (Å²) < 4.78 is 4.89. The Morgan fingerprint density at radius 1 is 1.10 bits per heavy atom. The highest BCUT2D eigenvalue weighted by molar-refractivity contribution is 7.80. The Morgan fingerprint density at radius 2 is 1.57 bits per heavy atom. The van der Waals surface area contributed by atoms with Gasteiger partial charge in [-0.2, -0.15) is 0 Å². The molecule has 0 aliphatic carbocycles. The minimum atomic E-state index is -1.64. The molecule has 110 valence electrons. The lowest BCUT2D eigenvalue weighted by Gasteiger charge is -2.21. The summed E-state index contributed by atoms with van der Waals surface area (Å²) in [6, 6.07) is 15.0. The summed E-state index contributed by atoms with van der Waals surface area (Å²) in [7, 11) is 0. The van der Waals surface area contributed by atoms with Gasteiger partial charge in [0.1, 0.15) is 0 Å². The molecule has 1 N–H and O–H groups in total. The fourth-order valence-corrected chi connectivity index (χ4v) is 2.18. The summed E-state index contributed by atoms with van der Waals surface area (Å²) in [5.74, 6) is -0.642. The third-order valence-corrected chi connectivity index (χ3v) is 3.62. The van der Waals surface area contributed by atoms with Crippen LogP contribution in [0.15, 0.2) is 53.4 Å². The topological polar surface area (TPSA) is 46.5 Å². The van der Waals surface area contributed by atoms with E-state index in [4.69, 9.17) is 4.74 Å². The van der Waals surface area contributed by atoms with Gasteiger partial charge in [0.05, 0.1) is 6.61 Å². The highest BCUT2D eigenvalue weighted by Gasteiger charge is 2.33. The number of carbonyl (C=O) groups excluding carboxylic acids is 1. The van der Waals surface area contributed by atoms with Crippen LogP contribution in [0.3, 0.4) is 0 Å². The minimum Gasteiger partial charge on any atom is -0.464 e. The molecule has 0 saturated heterocycles. The van der Waals surface area contributed by atoms with E-state index in [2.05, 4.69) is 12.6 Å². The van der Waals surface area contributed by atoms with E-state index in [1.807, 2.05) is 36.4 Å². The van der Waals surface area contributed by atoms with Crippen LogP contribution in [0, 0.1) is 0 Å². The molecule has 2 aromatic rings. The van der Waals surface area contributed by atoms with E-state index < -0.39 is 11.6 Å². The van der Waals surface area contributed by atoms with Crippen LogP contribution in [0.1, 0.15) is 19.4 Å². The van der Waals surface area contributed by atoms with E-state index in [0.717, 1.165) is 16.0 Å². The Morgan fingerprint density at radius 3 is 2.05 bits per heavy atom. The van der Waals surface area contributed by atoms with Gasteiger partial charge >= 0.3 is 5.97 Å². The number of aliphatic hydroxyl groups is 1. The van der Waals surface area contributed by atoms with Gasteiger partial charge < -0.3 is 9.84 Å². The molecular weight excluding hydrogens is 284 g/mol. The third-order valence-electron chi connectivity index (χ3n) is 3.32. The fourth-order valence-electron chi connectivity index (χ4n) is 2.03. The van der Waals surface area contributed by atoms with Gasteiger partial charge in [-0.25, -0.2) is 4.79 Å². The van der Waals surface area contributed by atoms with E-state index >= 15 is 0 Å². The van der Waals surface area contributed by atoms with E-state index in [1.165, 1.54) is 6.92 Å². The van der Waals surface area contributed by atoms with Gasteiger partial charge in [0, 0.05) is 4.90 Å². The smallest absolute Gasteiger partial charge is 0.342 e. The Kier molecular flexibility index (Phi) is 4.70. The lowest BCUT2D eigenvalue weighted by Crippen LogP contribution is -2.34. The Balaban J connectivity index is 2.26. The summed E-state index contributed by atoms with van der Waals surface area (Å²) in [5, 5.41) is 10.3. The van der Waals surface area contributed by atoms with Crippen LogP contribution in [0.4, 0.5) is 0 Å². The maximum absolute atomic E-state index is 11.8. The van der Waals surface area contributed by atoms with E-state index in [0.29, 0.717) is 5.56 Å². The zero-order valence-corrected chi connectivity index (χ0v) is 12.9. The van der Waals surface area contributed by atoms with Crippen molar-refractivity contribution in [2.75, 3.05) is 6.61 Å². The van der Waals surface area contributed by atoms with E-state index in [9.17, 15) is 9.90 Å². The van der Waals surface area contributed by atoms with Gasteiger partial charge in [-0.3, -0.25) is 0 Å². The van der Waals surface area contributed by atoms with Gasteiger partial charge in [-0.05, 0) is 42.7 Å². The van der Waals surface area contributed by atoms with Gasteiger partial charge in [0.2, 0.25) is 0 Å². The second-order valence-electron chi connectivity index (χ2n) is 4.92. The SMILES string of the molecule is CCOC(=O)C(C)(O)c1ccc(-c2ccc(S)cc2)cc1. The van der Waals surface area contributed by atoms with Crippen LogP contribution < -0.4 is 0 Å². The molecule has 2 aromatic carbocycles. The first-order valence-corrected chi connectivity index (χ1v) is 7.19. The fraction of sp³-hybridized carbons (Fsp3) is 0.235. The van der Waals surface area contributed by atoms with Crippen LogP contribution in [-0.4, -0.2) is 17.7 Å². The number of carbonyl (C=O) groups is 1. The van der Waals surface area contributed by atoms with Crippen molar-refractivity contribution in [2.45, 2.75) is 24.3 Å². The number of rotatable bonds is 4. The quantitative estimate of drug-likeness (QED) is 0.672. The number of thiol groups is 1. The number of hydrogen-bond acceptors (Lipinski definition) is 4. The number of ether oxygens (including phenoxy) is 1. The second kappa shape index (κ2) is 6.33. The number of benzene rings is 2. The van der Waals surface area contributed by atoms with Crippen LogP contribution >= 0.6 is 12.6 Å². The maximum atomic E-state index is 11.8. The molecule has 0 saturated carbocycles. The van der Waals surface area contributed by atoms with E-state index in [1.54, 1.807) is 19.1 Å². The van der Waals surface area contributed by atoms with E-state index in [-0.39, 0.29) is 6.61 Å². The molecule has 0 aliphatic rings. The molecule has 0 spiro atoms. The van der Waals surface area contributed by atoms with Crippen molar-refractivity contribution in [2.24, 2.45) is 0 Å². The average Bonchev–Trinajstić information content (AvgIpc) is 2.48. The largest absolute Gasteiger partial charge is 0.464 e. The summed E-state index contributed by atoms with van der Waals surface area (Å²) in [5.41, 5.74) is 0.932. The molecule has 3 nitrogen and oxygen atoms in total. The zero-order chi connectivity index (χ0) is 15.5. The maximum Gasteiger partial charge on any atom is 0.342 e. The molecule has 2 rings (SSSR count). The first-order valence-electron chi connectivity index (χ1n) is 6.74. The van der Waals surface area contributed by atoms with Crippen molar-refractivity contribution in [3.63, 3.8) is 0 Å². The molecule has 1 unspecified atom stereocenters. The summed E-state index contributed by atoms with van der Waals surface area (Å²) in [4.78, 5) is 12.7. The molecule has 0 radical (unpaired) electrons. The van der Waals surface area contributed by atoms with Crippen molar-refractivity contribution < 1.29 is 14.6 Å². The van der Waals surface area contributed by atoms with Crippen molar-refractivity contribution in [3.05, 3.63) is 54.1 Å². The predicted octanol–water partition coefficient (Wildman–Crippen LogP) is 3.41. The van der Waals surface area contributed by atoms with Crippen molar-refractivity contribution in [1.29, 1.82) is 0 Å². The minimum absolute atomic E-state index is 0.239. The Bertz CT molecular complexity index is 615. The van der Waals surface area contributed by atoms with Crippen LogP contribution in [0.25, 0.3) is 11.1 Å². The first-order chi connectivity index (χ1) is 9.95. The van der Waals surface area contributed by atoms with Crippen molar-refractivity contribution in [3.8, 4) is 11.1 Å². The molecule has 21 heavy (non-hydrogen) atoms. The van der Waals surface area contributed by atoms with Gasteiger partial charge in [0.25, 0.3) is 0 Å². The Hall–Kier alpha value is -1.78. The molecule has 1 atom stereocenters. The normalized spacial score (nSPS) is 13.5. The molecule has 0 aliphatic heterocycles. The van der Waals surface area contributed by atoms with Crippen LogP contribution in [0.5, 0.6) is 0 Å². The number of hydrogen-bond donors (Lipinski definition) is 2. The highest BCUT2D eigenvalue weighted by atomic mass is 32.1. The second-order valence-corrected chi connectivity index (χ2v) is 5.43. The van der Waals surface area contributed by atoms with Gasteiger partial charge in [0.15, 0.2) is 5.60 Å². The summed E-state index contributed by atoms with van der Waals surface area (Å²) >= 11 is 4.26. The highest BCUT2D eigenvalue weighted by Crippen LogP contribution is 2.26. The molecule has 0 heterocycles. The van der Waals surface area contributed by atoms with Crippen LogP contribution in [0.2, 0.25) is 0 Å². The molecule has 0 amide bonds. The van der Waals surface area contributed by atoms with Gasteiger partial charge in [-0.1, -0.05) is 36.4 Å². The summed E-state index contributed by atoms with van der Waals surface area (Å²) in [6.07, 6.45) is 0. The van der Waals surface area contributed by atoms with Gasteiger partial charge in [-0.15, -0.1) is 12.6 Å². The standard InChI is InChI=1S/C17H18O3S/c1-3-20-16(18)17(2,19)14-8-4-12(5-9-14)13-6-10-15(21)11-7-13/h4-11,19,21H,3H2,1-2H3. The summed E-state index contributed by atoms with van der Waals surface area (Å²) in [6.45, 7) is 3.39. The number of esters is 1. The predicted molar refractivity (Wildman–Crippen MR) is 85.3 cm³/mol. The molecule has 0 fully saturated rings. The lowest BCUT2D eigenvalue weighted by molar-refractivity contribution is -0.164. The monoisotopic (exact) mass is 302 g/mol. The molecule has 4 heteroatoms. The first kappa shape index (κ1) is 15.6. The molecule has 0 bridgehead atoms. The molecular formula is C17H18O3S. The molecule has 0 aromatic heterocycles. The zero-order valence-electron chi connectivity index (χ0n) is 12.0. The Labute approximate surface area is 130 Å². The third kappa shape index (κ3) is 3.46. The van der Waals surface area contributed by atoms with Crippen molar-refractivity contribution >= 4 is 18.6 Å². The van der Waals surface area contributed by atoms with Crippen molar-refractivity contribution in [1.82, 2.24) is 0 Å². The average molecular weight is 302 g/mol. The van der Waals surface area contributed by atoms with Crippen LogP contribution in [-0.2, 0) is 15.1 Å².